The molecule has 2 heterocycles. The molecule has 0 aliphatic rings. The van der Waals surface area contributed by atoms with Gasteiger partial charge in [0.25, 0.3) is 0 Å². The van der Waals surface area contributed by atoms with Crippen LogP contribution in [0, 0.1) is 12.1 Å². The van der Waals surface area contributed by atoms with Crippen molar-refractivity contribution in [2.75, 3.05) is 12.3 Å². The van der Waals surface area contributed by atoms with Crippen LogP contribution in [0.5, 0.6) is 5.75 Å². The Balaban J connectivity index is 2.71. The Morgan fingerprint density at radius 3 is 2.93 bits per heavy atom. The summed E-state index contributed by atoms with van der Waals surface area (Å²) in [5, 5.41) is 19.5. The van der Waals surface area contributed by atoms with Crippen molar-refractivity contribution in [1.82, 2.24) is 9.38 Å². The molecule has 0 aliphatic heterocycles. The molecular weight excluding hydrogens is 198 g/mol. The molecule has 0 amide bonds. The number of fused-ring (bicyclic) bond motifs is 1. The Morgan fingerprint density at radius 2 is 2.33 bits per heavy atom. The molecule has 1 N–H and O–H groups in total. The summed E-state index contributed by atoms with van der Waals surface area (Å²) in [7, 11) is 1.43. The summed E-state index contributed by atoms with van der Waals surface area (Å²) >= 11 is 0. The van der Waals surface area contributed by atoms with E-state index in [0.717, 1.165) is 5.69 Å². The minimum atomic E-state index is -0.224. The first kappa shape index (κ1) is 9.75. The lowest BCUT2D eigenvalue weighted by atomic mass is 10.3. The first-order valence-electron chi connectivity index (χ1n) is 4.31. The van der Waals surface area contributed by atoms with Crippen LogP contribution >= 0.6 is 0 Å². The van der Waals surface area contributed by atoms with Gasteiger partial charge in [-0.3, -0.25) is 5.21 Å². The van der Waals surface area contributed by atoms with E-state index in [0.29, 0.717) is 5.65 Å². The molecule has 15 heavy (non-hydrogen) atoms. The Labute approximate surface area is 85.9 Å². The SMILES string of the molecule is COc1cc2ncc(C)n2cc1N([O-])O. The summed E-state index contributed by atoms with van der Waals surface area (Å²) in [6.07, 6.45) is 3.15. The minimum absolute atomic E-state index is 0.0473. The van der Waals surface area contributed by atoms with Gasteiger partial charge in [0, 0.05) is 24.2 Å². The molecule has 0 bridgehead atoms. The van der Waals surface area contributed by atoms with Crippen molar-refractivity contribution < 1.29 is 9.94 Å². The van der Waals surface area contributed by atoms with E-state index in [1.807, 2.05) is 6.92 Å². The minimum Gasteiger partial charge on any atom is -0.733 e. The smallest absolute Gasteiger partial charge is 0.148 e. The van der Waals surface area contributed by atoms with Crippen LogP contribution in [0.15, 0.2) is 18.5 Å². The van der Waals surface area contributed by atoms with Crippen molar-refractivity contribution >= 4 is 11.3 Å². The quantitative estimate of drug-likeness (QED) is 0.754. The monoisotopic (exact) mass is 208 g/mol. The van der Waals surface area contributed by atoms with Gasteiger partial charge in [0.05, 0.1) is 7.11 Å². The third-order valence-corrected chi connectivity index (χ3v) is 2.20. The topological polar surface area (TPSA) is 73.1 Å². The number of aromatic nitrogens is 2. The Bertz CT molecular complexity index is 493. The van der Waals surface area contributed by atoms with Crippen LogP contribution in [-0.2, 0) is 0 Å². The summed E-state index contributed by atoms with van der Waals surface area (Å²) < 4.78 is 6.66. The van der Waals surface area contributed by atoms with E-state index in [-0.39, 0.29) is 16.7 Å². The Kier molecular flexibility index (Phi) is 2.22. The molecule has 0 saturated heterocycles. The van der Waals surface area contributed by atoms with Gasteiger partial charge in [-0.25, -0.2) is 4.98 Å². The lowest BCUT2D eigenvalue weighted by Crippen LogP contribution is -2.10. The zero-order chi connectivity index (χ0) is 11.0. The van der Waals surface area contributed by atoms with Crippen LogP contribution in [0.1, 0.15) is 5.69 Å². The van der Waals surface area contributed by atoms with E-state index >= 15 is 0 Å². The molecule has 2 rings (SSSR count). The number of ether oxygens (including phenoxy) is 1. The Hall–Kier alpha value is -1.79. The standard InChI is InChI=1S/C9H10N3O3/c1-6-4-10-9-3-8(15-2)7(12(13)14)5-11(6)9/h3-5,13H,1-2H3/q-1. The van der Waals surface area contributed by atoms with Gasteiger partial charge in [-0.05, 0) is 6.92 Å². The number of nitrogens with zero attached hydrogens (tertiary/aromatic N) is 3. The van der Waals surface area contributed by atoms with Crippen LogP contribution < -0.4 is 9.96 Å². The van der Waals surface area contributed by atoms with Crippen LogP contribution in [0.4, 0.5) is 5.69 Å². The number of hydrogen-bond acceptors (Lipinski definition) is 5. The summed E-state index contributed by atoms with van der Waals surface area (Å²) in [5.41, 5.74) is 1.58. The van der Waals surface area contributed by atoms with Crippen molar-refractivity contribution in [3.63, 3.8) is 0 Å². The lowest BCUT2D eigenvalue weighted by Gasteiger charge is -2.23. The molecule has 0 atom stereocenters. The van der Waals surface area contributed by atoms with Crippen molar-refractivity contribution in [3.05, 3.63) is 29.4 Å². The number of hydrogen-bond donors (Lipinski definition) is 1. The molecule has 0 unspecified atom stereocenters. The second-order valence-corrected chi connectivity index (χ2v) is 3.13. The zero-order valence-electron chi connectivity index (χ0n) is 8.34. The van der Waals surface area contributed by atoms with Crippen molar-refractivity contribution in [1.29, 1.82) is 0 Å². The van der Waals surface area contributed by atoms with Gasteiger partial charge in [0.1, 0.15) is 17.1 Å². The van der Waals surface area contributed by atoms with Gasteiger partial charge in [0.15, 0.2) is 0 Å². The van der Waals surface area contributed by atoms with E-state index in [9.17, 15) is 5.21 Å². The lowest BCUT2D eigenvalue weighted by molar-refractivity contribution is 0.290. The summed E-state index contributed by atoms with van der Waals surface area (Å²) in [6.45, 7) is 1.85. The maximum Gasteiger partial charge on any atom is 0.148 e. The highest BCUT2D eigenvalue weighted by Gasteiger charge is 2.08. The van der Waals surface area contributed by atoms with Crippen LogP contribution in [0.25, 0.3) is 5.65 Å². The predicted molar refractivity (Wildman–Crippen MR) is 54.1 cm³/mol. The molecule has 0 aromatic carbocycles. The maximum absolute atomic E-state index is 10.9. The molecular formula is C9H10N3O3-. The van der Waals surface area contributed by atoms with Gasteiger partial charge < -0.3 is 19.6 Å². The first-order valence-corrected chi connectivity index (χ1v) is 4.31. The zero-order valence-corrected chi connectivity index (χ0v) is 8.34. The van der Waals surface area contributed by atoms with E-state index < -0.39 is 0 Å². The van der Waals surface area contributed by atoms with Crippen molar-refractivity contribution in [2.24, 2.45) is 0 Å². The maximum atomic E-state index is 10.9. The largest absolute Gasteiger partial charge is 0.733 e. The van der Waals surface area contributed by atoms with Crippen LogP contribution in [-0.4, -0.2) is 21.7 Å². The molecule has 2 aromatic heterocycles. The average Bonchev–Trinajstić information content (AvgIpc) is 2.58. The number of pyridine rings is 1. The predicted octanol–water partition coefficient (Wildman–Crippen LogP) is 1.34. The highest BCUT2D eigenvalue weighted by molar-refractivity contribution is 5.62. The van der Waals surface area contributed by atoms with Gasteiger partial charge in [-0.1, -0.05) is 0 Å². The van der Waals surface area contributed by atoms with Crippen LogP contribution in [0.2, 0.25) is 0 Å². The number of anilines is 1. The second-order valence-electron chi connectivity index (χ2n) is 3.13. The fourth-order valence-electron chi connectivity index (χ4n) is 1.42. The van der Waals surface area contributed by atoms with E-state index in [2.05, 4.69) is 4.98 Å². The number of aryl methyl sites for hydroxylation is 1. The fourth-order valence-corrected chi connectivity index (χ4v) is 1.42. The summed E-state index contributed by atoms with van der Waals surface area (Å²) in [5.74, 6) is 0.283. The molecule has 0 aliphatic carbocycles. The molecule has 80 valence electrons. The van der Waals surface area contributed by atoms with E-state index in [1.54, 1.807) is 16.7 Å². The molecule has 0 spiro atoms. The molecule has 0 radical (unpaired) electrons. The molecule has 0 saturated carbocycles. The Morgan fingerprint density at radius 1 is 1.60 bits per heavy atom. The van der Waals surface area contributed by atoms with Gasteiger partial charge in [-0.15, -0.1) is 0 Å². The second kappa shape index (κ2) is 3.41. The highest BCUT2D eigenvalue weighted by Crippen LogP contribution is 2.28. The average molecular weight is 208 g/mol. The van der Waals surface area contributed by atoms with Crippen molar-refractivity contribution in [2.45, 2.75) is 6.92 Å². The third kappa shape index (κ3) is 1.49. The first-order chi connectivity index (χ1) is 7.13. The normalized spacial score (nSPS) is 10.7. The fraction of sp³-hybridized carbons (Fsp3) is 0.222. The summed E-state index contributed by atoms with van der Waals surface area (Å²) in [6, 6.07) is 1.59. The molecule has 0 fully saturated rings. The highest BCUT2D eigenvalue weighted by atomic mass is 16.8. The van der Waals surface area contributed by atoms with Gasteiger partial charge in [0.2, 0.25) is 0 Å². The van der Waals surface area contributed by atoms with Gasteiger partial charge in [-0.2, -0.15) is 0 Å². The summed E-state index contributed by atoms with van der Waals surface area (Å²) in [4.78, 5) is 4.11. The number of methoxy groups -OCH3 is 1. The van der Waals surface area contributed by atoms with Crippen LogP contribution in [0.3, 0.4) is 0 Å². The van der Waals surface area contributed by atoms with E-state index in [4.69, 9.17) is 9.94 Å². The number of rotatable bonds is 2. The van der Waals surface area contributed by atoms with Gasteiger partial charge >= 0.3 is 0 Å². The third-order valence-electron chi connectivity index (χ3n) is 2.20. The van der Waals surface area contributed by atoms with Crippen molar-refractivity contribution in [3.8, 4) is 5.75 Å². The molecule has 6 heteroatoms. The molecule has 6 nitrogen and oxygen atoms in total. The molecule has 2 aromatic rings. The van der Waals surface area contributed by atoms with E-state index in [1.165, 1.54) is 13.3 Å². The number of imidazole rings is 1.